The zero-order chi connectivity index (χ0) is 12.9. The second kappa shape index (κ2) is 4.12. The van der Waals surface area contributed by atoms with Crippen LogP contribution in [0.2, 0.25) is 0 Å². The van der Waals surface area contributed by atoms with Gasteiger partial charge >= 0.3 is 6.09 Å². The number of likely N-dealkylation sites (tertiary alicyclic amines) is 1. The van der Waals surface area contributed by atoms with Gasteiger partial charge in [0.15, 0.2) is 0 Å². The van der Waals surface area contributed by atoms with Crippen LogP contribution >= 0.6 is 0 Å². The summed E-state index contributed by atoms with van der Waals surface area (Å²) in [5.41, 5.74) is -0.381. The fourth-order valence-corrected chi connectivity index (χ4v) is 2.93. The molecule has 4 nitrogen and oxygen atoms in total. The summed E-state index contributed by atoms with van der Waals surface area (Å²) in [6, 6.07) is 0.671. The molecule has 0 spiro atoms. The molecule has 18 heavy (non-hydrogen) atoms. The van der Waals surface area contributed by atoms with E-state index in [2.05, 4.69) is 5.32 Å². The molecule has 1 heterocycles. The first-order valence-electron chi connectivity index (χ1n) is 7.15. The predicted molar refractivity (Wildman–Crippen MR) is 69.3 cm³/mol. The van der Waals surface area contributed by atoms with Gasteiger partial charge in [-0.3, -0.25) is 0 Å². The highest BCUT2D eigenvalue weighted by Crippen LogP contribution is 2.46. The Balaban J connectivity index is 1.41. The fourth-order valence-electron chi connectivity index (χ4n) is 2.93. The number of nitrogens with zero attached hydrogens (tertiary/aromatic N) is 1. The van der Waals surface area contributed by atoms with Crippen LogP contribution in [0.15, 0.2) is 0 Å². The summed E-state index contributed by atoms with van der Waals surface area (Å²) >= 11 is 0. The third kappa shape index (κ3) is 2.63. The van der Waals surface area contributed by atoms with Crippen LogP contribution in [-0.2, 0) is 4.74 Å². The Bertz CT molecular complexity index is 334. The molecule has 1 aliphatic heterocycles. The van der Waals surface area contributed by atoms with Crippen LogP contribution in [0, 0.1) is 17.8 Å². The minimum atomic E-state index is -0.381. The third-order valence-electron chi connectivity index (χ3n) is 4.18. The Morgan fingerprint density at radius 1 is 1.28 bits per heavy atom. The molecule has 0 aromatic heterocycles. The lowest BCUT2D eigenvalue weighted by atomic mass is 10.2. The van der Waals surface area contributed by atoms with Crippen molar-refractivity contribution < 1.29 is 9.53 Å². The van der Waals surface area contributed by atoms with Crippen LogP contribution < -0.4 is 5.32 Å². The van der Waals surface area contributed by atoms with Crippen LogP contribution in [0.25, 0.3) is 0 Å². The van der Waals surface area contributed by atoms with E-state index >= 15 is 0 Å². The first-order valence-corrected chi connectivity index (χ1v) is 7.15. The molecule has 4 heteroatoms. The molecule has 3 rings (SSSR count). The average Bonchev–Trinajstić information content (AvgIpc) is 3.12. The van der Waals surface area contributed by atoms with Crippen molar-refractivity contribution in [2.75, 3.05) is 19.6 Å². The number of amides is 1. The number of carbonyl (C=O) groups excluding carboxylic acids is 1. The molecule has 3 aliphatic rings. The number of fused-ring (bicyclic) bond motifs is 1. The second-order valence-corrected chi connectivity index (χ2v) is 7.09. The number of rotatable bonds is 3. The van der Waals surface area contributed by atoms with Crippen molar-refractivity contribution in [1.29, 1.82) is 0 Å². The van der Waals surface area contributed by atoms with Gasteiger partial charge in [0.25, 0.3) is 0 Å². The maximum absolute atomic E-state index is 11.9. The van der Waals surface area contributed by atoms with Gasteiger partial charge in [-0.05, 0) is 57.9 Å². The number of hydrogen-bond donors (Lipinski definition) is 1. The van der Waals surface area contributed by atoms with E-state index in [1.165, 1.54) is 19.4 Å². The van der Waals surface area contributed by atoms with Crippen LogP contribution in [0.5, 0.6) is 0 Å². The third-order valence-corrected chi connectivity index (χ3v) is 4.18. The molecule has 0 aromatic carbocycles. The van der Waals surface area contributed by atoms with Crippen LogP contribution in [0.3, 0.4) is 0 Å². The largest absolute Gasteiger partial charge is 0.444 e. The predicted octanol–water partition coefficient (Wildman–Crippen LogP) is 1.85. The Morgan fingerprint density at radius 3 is 2.39 bits per heavy atom. The second-order valence-electron chi connectivity index (χ2n) is 7.09. The van der Waals surface area contributed by atoms with Crippen molar-refractivity contribution in [1.82, 2.24) is 10.2 Å². The highest BCUT2D eigenvalue weighted by molar-refractivity contribution is 5.69. The Labute approximate surface area is 109 Å². The normalized spacial score (nSPS) is 34.4. The van der Waals surface area contributed by atoms with E-state index in [-0.39, 0.29) is 11.7 Å². The summed E-state index contributed by atoms with van der Waals surface area (Å²) in [6.45, 7) is 8.69. The van der Waals surface area contributed by atoms with Crippen molar-refractivity contribution in [2.24, 2.45) is 17.8 Å². The average molecular weight is 252 g/mol. The molecule has 1 amide bonds. The molecule has 0 radical (unpaired) electrons. The van der Waals surface area contributed by atoms with E-state index in [0.29, 0.717) is 17.9 Å². The molecule has 102 valence electrons. The van der Waals surface area contributed by atoms with Gasteiger partial charge in [0.1, 0.15) is 5.60 Å². The molecule has 2 unspecified atom stereocenters. The highest BCUT2D eigenvalue weighted by atomic mass is 16.6. The number of hydrogen-bond acceptors (Lipinski definition) is 3. The molecule has 0 aromatic rings. The van der Waals surface area contributed by atoms with E-state index in [0.717, 1.165) is 19.0 Å². The zero-order valence-electron chi connectivity index (χ0n) is 11.6. The molecule has 0 bridgehead atoms. The summed E-state index contributed by atoms with van der Waals surface area (Å²) < 4.78 is 5.40. The van der Waals surface area contributed by atoms with Gasteiger partial charge in [-0.2, -0.15) is 0 Å². The van der Waals surface area contributed by atoms with E-state index in [4.69, 9.17) is 4.74 Å². The topological polar surface area (TPSA) is 41.6 Å². The smallest absolute Gasteiger partial charge is 0.410 e. The van der Waals surface area contributed by atoms with Crippen molar-refractivity contribution in [3.8, 4) is 0 Å². The van der Waals surface area contributed by atoms with Crippen molar-refractivity contribution in [3.63, 3.8) is 0 Å². The Morgan fingerprint density at radius 2 is 1.89 bits per heavy atom. The molecule has 1 saturated heterocycles. The first-order chi connectivity index (χ1) is 8.44. The number of carbonyl (C=O) groups is 1. The zero-order valence-corrected chi connectivity index (χ0v) is 11.6. The van der Waals surface area contributed by atoms with Crippen molar-refractivity contribution in [3.05, 3.63) is 0 Å². The van der Waals surface area contributed by atoms with Crippen LogP contribution in [-0.4, -0.2) is 42.3 Å². The van der Waals surface area contributed by atoms with E-state index in [1.54, 1.807) is 0 Å². The first kappa shape index (κ1) is 12.3. The SMILES string of the molecule is CC(C)(C)OC(=O)N1CC2C(C1)C2NCC1CC1. The summed E-state index contributed by atoms with van der Waals surface area (Å²) in [6.07, 6.45) is 2.66. The monoisotopic (exact) mass is 252 g/mol. The van der Waals surface area contributed by atoms with Gasteiger partial charge in [0, 0.05) is 19.1 Å². The Kier molecular flexibility index (Phi) is 2.81. The summed E-state index contributed by atoms with van der Waals surface area (Å²) in [7, 11) is 0. The van der Waals surface area contributed by atoms with Gasteiger partial charge in [-0.1, -0.05) is 0 Å². The quantitative estimate of drug-likeness (QED) is 0.833. The van der Waals surface area contributed by atoms with E-state index in [9.17, 15) is 4.79 Å². The lowest BCUT2D eigenvalue weighted by Gasteiger charge is -2.26. The minimum absolute atomic E-state index is 0.143. The molecular weight excluding hydrogens is 228 g/mol. The summed E-state index contributed by atoms with van der Waals surface area (Å²) in [5, 5.41) is 3.65. The van der Waals surface area contributed by atoms with Gasteiger partial charge < -0.3 is 15.0 Å². The van der Waals surface area contributed by atoms with Crippen LogP contribution in [0.4, 0.5) is 4.79 Å². The summed E-state index contributed by atoms with van der Waals surface area (Å²) in [5.74, 6) is 2.29. The van der Waals surface area contributed by atoms with Crippen molar-refractivity contribution >= 4 is 6.09 Å². The maximum Gasteiger partial charge on any atom is 0.410 e. The van der Waals surface area contributed by atoms with Gasteiger partial charge in [0.05, 0.1) is 0 Å². The highest BCUT2D eigenvalue weighted by Gasteiger charge is 2.57. The Hall–Kier alpha value is -0.770. The lowest BCUT2D eigenvalue weighted by molar-refractivity contribution is 0.0269. The lowest BCUT2D eigenvalue weighted by Crippen LogP contribution is -2.39. The molecule has 2 saturated carbocycles. The molecule has 1 N–H and O–H groups in total. The number of ether oxygens (including phenoxy) is 1. The maximum atomic E-state index is 11.9. The van der Waals surface area contributed by atoms with Crippen LogP contribution in [0.1, 0.15) is 33.6 Å². The molecule has 2 aliphatic carbocycles. The molecule has 3 fully saturated rings. The van der Waals surface area contributed by atoms with Gasteiger partial charge in [-0.25, -0.2) is 4.79 Å². The standard InChI is InChI=1S/C14H24N2O2/c1-14(2,3)18-13(17)16-7-10-11(8-16)12(10)15-6-9-4-5-9/h9-12,15H,4-8H2,1-3H3. The number of piperidine rings is 1. The minimum Gasteiger partial charge on any atom is -0.444 e. The number of nitrogens with one attached hydrogen (secondary N) is 1. The van der Waals surface area contributed by atoms with Gasteiger partial charge in [-0.15, -0.1) is 0 Å². The van der Waals surface area contributed by atoms with E-state index < -0.39 is 0 Å². The van der Waals surface area contributed by atoms with Crippen molar-refractivity contribution in [2.45, 2.75) is 45.3 Å². The summed E-state index contributed by atoms with van der Waals surface area (Å²) in [4.78, 5) is 13.8. The molecule has 2 atom stereocenters. The fraction of sp³-hybridized carbons (Fsp3) is 0.929. The van der Waals surface area contributed by atoms with Gasteiger partial charge in [0.2, 0.25) is 0 Å². The molecular formula is C14H24N2O2. The van der Waals surface area contributed by atoms with E-state index in [1.807, 2.05) is 25.7 Å².